The van der Waals surface area contributed by atoms with Crippen molar-refractivity contribution in [3.8, 4) is 0 Å². The van der Waals surface area contributed by atoms with Crippen LogP contribution >= 0.6 is 0 Å². The van der Waals surface area contributed by atoms with Crippen LogP contribution in [0.25, 0.3) is 0 Å². The Kier molecular flexibility index (Phi) is 8.51. The molecule has 10 nitrogen and oxygen atoms in total. The Bertz CT molecular complexity index is 1160. The summed E-state index contributed by atoms with van der Waals surface area (Å²) in [5, 5.41) is 3.19. The zero-order valence-electron chi connectivity index (χ0n) is 22.4. The maximum Gasteiger partial charge on any atom is 0.306 e. The molecule has 204 valence electrons. The quantitative estimate of drug-likeness (QED) is 0.529. The maximum atomic E-state index is 12.7. The number of morpholine rings is 1. The summed E-state index contributed by atoms with van der Waals surface area (Å²) < 4.78 is 10.8. The second-order valence-corrected chi connectivity index (χ2v) is 10.8. The molecule has 2 saturated heterocycles. The second-order valence-electron chi connectivity index (χ2n) is 10.8. The molecule has 2 aromatic rings. The molecule has 1 atom stereocenters. The van der Waals surface area contributed by atoms with Crippen molar-refractivity contribution >= 4 is 35.1 Å². The Morgan fingerprint density at radius 2 is 1.79 bits per heavy atom. The molecule has 0 saturated carbocycles. The summed E-state index contributed by atoms with van der Waals surface area (Å²) in [4.78, 5) is 45.8. The van der Waals surface area contributed by atoms with Gasteiger partial charge in [-0.25, -0.2) is 4.98 Å². The first-order valence-corrected chi connectivity index (χ1v) is 13.1. The SMILES string of the molecule is CC(C)(C)OC(=O)C[C@@H]1CCCN(c2ccc(C(N)=O)c(Nc3ccc(C(=O)N4CCOCC4)cc3)n2)C1. The lowest BCUT2D eigenvalue weighted by Gasteiger charge is -2.34. The van der Waals surface area contributed by atoms with Crippen LogP contribution < -0.4 is 16.0 Å². The number of anilines is 3. The van der Waals surface area contributed by atoms with Gasteiger partial charge in [0.2, 0.25) is 0 Å². The highest BCUT2D eigenvalue weighted by Crippen LogP contribution is 2.28. The molecular weight excluding hydrogens is 486 g/mol. The molecule has 10 heteroatoms. The molecule has 0 spiro atoms. The van der Waals surface area contributed by atoms with Crippen LogP contribution in [0.2, 0.25) is 0 Å². The van der Waals surface area contributed by atoms with E-state index in [2.05, 4.69) is 10.2 Å². The van der Waals surface area contributed by atoms with Gasteiger partial charge in [-0.15, -0.1) is 0 Å². The average molecular weight is 524 g/mol. The number of hydrogen-bond donors (Lipinski definition) is 2. The minimum atomic E-state index is -0.591. The summed E-state index contributed by atoms with van der Waals surface area (Å²) in [5.74, 6) is 0.376. The number of carbonyl (C=O) groups is 3. The molecule has 3 heterocycles. The number of piperidine rings is 1. The van der Waals surface area contributed by atoms with E-state index in [4.69, 9.17) is 20.2 Å². The van der Waals surface area contributed by atoms with Crippen molar-refractivity contribution in [1.82, 2.24) is 9.88 Å². The molecule has 2 fully saturated rings. The van der Waals surface area contributed by atoms with Gasteiger partial charge in [0.15, 0.2) is 0 Å². The first-order chi connectivity index (χ1) is 18.1. The van der Waals surface area contributed by atoms with E-state index in [9.17, 15) is 14.4 Å². The molecule has 0 aliphatic carbocycles. The summed E-state index contributed by atoms with van der Waals surface area (Å²) in [5.41, 5.74) is 6.65. The monoisotopic (exact) mass is 523 g/mol. The number of rotatable bonds is 7. The zero-order valence-corrected chi connectivity index (χ0v) is 22.4. The van der Waals surface area contributed by atoms with Gasteiger partial charge in [0.05, 0.1) is 25.2 Å². The Balaban J connectivity index is 1.46. The van der Waals surface area contributed by atoms with Crippen molar-refractivity contribution in [2.45, 2.75) is 45.6 Å². The summed E-state index contributed by atoms with van der Waals surface area (Å²) >= 11 is 0. The van der Waals surface area contributed by atoms with Crippen molar-refractivity contribution < 1.29 is 23.9 Å². The summed E-state index contributed by atoms with van der Waals surface area (Å²) in [6.45, 7) is 9.31. The van der Waals surface area contributed by atoms with E-state index in [-0.39, 0.29) is 23.4 Å². The molecule has 3 N–H and O–H groups in total. The number of pyridine rings is 1. The predicted octanol–water partition coefficient (Wildman–Crippen LogP) is 3.34. The molecule has 0 radical (unpaired) electrons. The van der Waals surface area contributed by atoms with Crippen LogP contribution in [0, 0.1) is 5.92 Å². The molecule has 38 heavy (non-hydrogen) atoms. The highest BCUT2D eigenvalue weighted by molar-refractivity contribution is 5.99. The second kappa shape index (κ2) is 11.8. The summed E-state index contributed by atoms with van der Waals surface area (Å²) in [6, 6.07) is 10.5. The van der Waals surface area contributed by atoms with Gasteiger partial charge in [0.1, 0.15) is 17.2 Å². The van der Waals surface area contributed by atoms with E-state index >= 15 is 0 Å². The molecule has 0 bridgehead atoms. The van der Waals surface area contributed by atoms with Crippen molar-refractivity contribution in [2.75, 3.05) is 49.6 Å². The lowest BCUT2D eigenvalue weighted by molar-refractivity contribution is -0.156. The van der Waals surface area contributed by atoms with Crippen LogP contribution in [0.4, 0.5) is 17.3 Å². The number of aromatic nitrogens is 1. The third-order valence-electron chi connectivity index (χ3n) is 6.56. The molecule has 2 amide bonds. The number of esters is 1. The Hall–Kier alpha value is -3.66. The fourth-order valence-electron chi connectivity index (χ4n) is 4.76. The van der Waals surface area contributed by atoms with Crippen molar-refractivity contribution in [1.29, 1.82) is 0 Å². The van der Waals surface area contributed by atoms with E-state index in [1.165, 1.54) is 0 Å². The van der Waals surface area contributed by atoms with Crippen LogP contribution in [0.5, 0.6) is 0 Å². The standard InChI is InChI=1S/C28H37N5O5/c1-28(2,3)38-24(34)17-19-5-4-12-33(18-19)23-11-10-22(25(29)35)26(31-23)30-21-8-6-20(7-9-21)27(36)32-13-15-37-16-14-32/h6-11,19H,4-5,12-18H2,1-3H3,(H2,29,35)(H,30,31)/t19-/m0/s1. The first kappa shape index (κ1) is 27.4. The van der Waals surface area contributed by atoms with Crippen LogP contribution in [-0.4, -0.2) is 72.7 Å². The van der Waals surface area contributed by atoms with Gasteiger partial charge in [0, 0.05) is 37.4 Å². The molecule has 0 unspecified atom stereocenters. The Morgan fingerprint density at radius 3 is 2.45 bits per heavy atom. The number of nitrogens with zero attached hydrogens (tertiary/aromatic N) is 3. The van der Waals surface area contributed by atoms with Gasteiger partial charge in [-0.2, -0.15) is 0 Å². The Morgan fingerprint density at radius 1 is 1.08 bits per heavy atom. The predicted molar refractivity (Wildman–Crippen MR) is 145 cm³/mol. The lowest BCUT2D eigenvalue weighted by Crippen LogP contribution is -2.40. The third-order valence-corrected chi connectivity index (χ3v) is 6.56. The zero-order chi connectivity index (χ0) is 27.3. The number of primary amides is 1. The minimum absolute atomic E-state index is 0.0381. The third kappa shape index (κ3) is 7.22. The maximum absolute atomic E-state index is 12.7. The lowest BCUT2D eigenvalue weighted by atomic mass is 9.94. The highest BCUT2D eigenvalue weighted by Gasteiger charge is 2.26. The number of carbonyl (C=O) groups excluding carboxylic acids is 3. The molecule has 2 aliphatic rings. The van der Waals surface area contributed by atoms with Gasteiger partial charge in [-0.3, -0.25) is 14.4 Å². The number of nitrogens with two attached hydrogens (primary N) is 1. The summed E-state index contributed by atoms with van der Waals surface area (Å²) in [7, 11) is 0. The fraction of sp³-hybridized carbons (Fsp3) is 0.500. The molecule has 4 rings (SSSR count). The van der Waals surface area contributed by atoms with E-state index < -0.39 is 11.5 Å². The molecule has 2 aliphatic heterocycles. The number of hydrogen-bond acceptors (Lipinski definition) is 8. The van der Waals surface area contributed by atoms with E-state index in [1.54, 1.807) is 41.3 Å². The van der Waals surface area contributed by atoms with E-state index in [0.29, 0.717) is 62.2 Å². The largest absolute Gasteiger partial charge is 0.460 e. The van der Waals surface area contributed by atoms with Crippen LogP contribution in [0.15, 0.2) is 36.4 Å². The van der Waals surface area contributed by atoms with E-state index in [0.717, 1.165) is 19.4 Å². The highest BCUT2D eigenvalue weighted by atomic mass is 16.6. The van der Waals surface area contributed by atoms with Crippen LogP contribution in [0.1, 0.15) is 60.7 Å². The molecule has 1 aromatic carbocycles. The number of ether oxygens (including phenoxy) is 2. The number of amides is 2. The van der Waals surface area contributed by atoms with Crippen molar-refractivity contribution in [2.24, 2.45) is 11.7 Å². The van der Waals surface area contributed by atoms with Gasteiger partial charge >= 0.3 is 5.97 Å². The fourth-order valence-corrected chi connectivity index (χ4v) is 4.76. The Labute approximate surface area is 223 Å². The number of benzene rings is 1. The average Bonchev–Trinajstić information content (AvgIpc) is 2.88. The van der Waals surface area contributed by atoms with Crippen LogP contribution in [0.3, 0.4) is 0 Å². The summed E-state index contributed by atoms with van der Waals surface area (Å²) in [6.07, 6.45) is 2.22. The van der Waals surface area contributed by atoms with Crippen molar-refractivity contribution in [3.63, 3.8) is 0 Å². The van der Waals surface area contributed by atoms with Gasteiger partial charge in [-0.05, 0) is 75.9 Å². The van der Waals surface area contributed by atoms with Gasteiger partial charge in [0.25, 0.3) is 11.8 Å². The minimum Gasteiger partial charge on any atom is -0.460 e. The molecule has 1 aromatic heterocycles. The van der Waals surface area contributed by atoms with E-state index in [1.807, 2.05) is 20.8 Å². The van der Waals surface area contributed by atoms with Crippen molar-refractivity contribution in [3.05, 3.63) is 47.5 Å². The van der Waals surface area contributed by atoms with Gasteiger partial charge < -0.3 is 30.3 Å². The van der Waals surface area contributed by atoms with Gasteiger partial charge in [-0.1, -0.05) is 0 Å². The molecular formula is C28H37N5O5. The first-order valence-electron chi connectivity index (χ1n) is 13.1. The smallest absolute Gasteiger partial charge is 0.306 e. The topological polar surface area (TPSA) is 127 Å². The normalized spacial score (nSPS) is 18.1. The van der Waals surface area contributed by atoms with Crippen LogP contribution in [-0.2, 0) is 14.3 Å². The number of nitrogens with one attached hydrogen (secondary N) is 1.